The number of ether oxygens (including phenoxy) is 1. The van der Waals surface area contributed by atoms with Gasteiger partial charge in [-0.2, -0.15) is 0 Å². The molecule has 0 aromatic heterocycles. The van der Waals surface area contributed by atoms with Crippen molar-refractivity contribution in [3.8, 4) is 0 Å². The lowest BCUT2D eigenvalue weighted by Crippen LogP contribution is -2.50. The van der Waals surface area contributed by atoms with E-state index in [-0.39, 0.29) is 17.9 Å². The molecular formula is C12H22N2O3. The molecule has 3 atom stereocenters. The molecule has 2 aliphatic heterocycles. The summed E-state index contributed by atoms with van der Waals surface area (Å²) in [7, 11) is 0. The van der Waals surface area contributed by atoms with Crippen molar-refractivity contribution < 1.29 is 14.6 Å². The van der Waals surface area contributed by atoms with Crippen LogP contribution in [0.2, 0.25) is 0 Å². The van der Waals surface area contributed by atoms with Gasteiger partial charge in [0.05, 0.1) is 12.0 Å². The molecule has 2 heterocycles. The third kappa shape index (κ3) is 2.97. The summed E-state index contributed by atoms with van der Waals surface area (Å²) in [5.41, 5.74) is -0.891. The van der Waals surface area contributed by atoms with Crippen molar-refractivity contribution in [2.45, 2.75) is 37.9 Å². The molecule has 5 heteroatoms. The largest absolute Gasteiger partial charge is 0.385 e. The zero-order valence-electron chi connectivity index (χ0n) is 10.4. The number of carbonyl (C=O) groups is 1. The van der Waals surface area contributed by atoms with E-state index in [9.17, 15) is 9.90 Å². The smallest absolute Gasteiger partial charge is 0.224 e. The van der Waals surface area contributed by atoms with Gasteiger partial charge in [0, 0.05) is 26.1 Å². The van der Waals surface area contributed by atoms with Crippen molar-refractivity contribution in [2.24, 2.45) is 5.92 Å². The third-order valence-corrected chi connectivity index (χ3v) is 3.90. The Morgan fingerprint density at radius 2 is 2.47 bits per heavy atom. The molecule has 0 aromatic carbocycles. The van der Waals surface area contributed by atoms with Crippen LogP contribution in [-0.4, -0.2) is 49.0 Å². The molecule has 0 aromatic rings. The standard InChI is InChI=1S/C12H22N2O3/c1-9-12(16,4-6-17-9)8-14-11(15)10-3-2-5-13-7-10/h9-10,13,16H,2-8H2,1H3,(H,14,15)/t9?,10-,12?/m0/s1. The van der Waals surface area contributed by atoms with Gasteiger partial charge in [-0.05, 0) is 26.3 Å². The van der Waals surface area contributed by atoms with Crippen LogP contribution >= 0.6 is 0 Å². The van der Waals surface area contributed by atoms with Crippen molar-refractivity contribution in [1.29, 1.82) is 0 Å². The lowest BCUT2D eigenvalue weighted by atomic mass is 9.95. The summed E-state index contributed by atoms with van der Waals surface area (Å²) in [5, 5.41) is 16.3. The van der Waals surface area contributed by atoms with Gasteiger partial charge in [0.25, 0.3) is 0 Å². The van der Waals surface area contributed by atoms with Crippen molar-refractivity contribution >= 4 is 5.91 Å². The molecule has 2 fully saturated rings. The summed E-state index contributed by atoms with van der Waals surface area (Å²) in [6, 6.07) is 0. The molecule has 0 radical (unpaired) electrons. The van der Waals surface area contributed by atoms with Crippen LogP contribution in [0.3, 0.4) is 0 Å². The zero-order valence-corrected chi connectivity index (χ0v) is 10.4. The first-order chi connectivity index (χ1) is 8.12. The Balaban J connectivity index is 1.79. The molecular weight excluding hydrogens is 220 g/mol. The van der Waals surface area contributed by atoms with E-state index < -0.39 is 5.60 Å². The second-order valence-electron chi connectivity index (χ2n) is 5.13. The molecule has 3 N–H and O–H groups in total. The quantitative estimate of drug-likeness (QED) is 0.632. The van der Waals surface area contributed by atoms with Gasteiger partial charge in [0.1, 0.15) is 5.60 Å². The van der Waals surface area contributed by atoms with E-state index in [1.54, 1.807) is 0 Å². The van der Waals surface area contributed by atoms with Crippen LogP contribution in [-0.2, 0) is 9.53 Å². The predicted molar refractivity (Wildman–Crippen MR) is 63.6 cm³/mol. The second kappa shape index (κ2) is 5.33. The molecule has 0 saturated carbocycles. The maximum atomic E-state index is 11.9. The van der Waals surface area contributed by atoms with E-state index in [2.05, 4.69) is 10.6 Å². The molecule has 0 spiro atoms. The average molecular weight is 242 g/mol. The topological polar surface area (TPSA) is 70.6 Å². The van der Waals surface area contributed by atoms with Crippen LogP contribution in [0.5, 0.6) is 0 Å². The number of carbonyl (C=O) groups excluding carboxylic acids is 1. The molecule has 5 nitrogen and oxygen atoms in total. The highest BCUT2D eigenvalue weighted by Crippen LogP contribution is 2.24. The van der Waals surface area contributed by atoms with Crippen LogP contribution in [0, 0.1) is 5.92 Å². The lowest BCUT2D eigenvalue weighted by Gasteiger charge is -2.28. The summed E-state index contributed by atoms with van der Waals surface area (Å²) < 4.78 is 5.33. The Morgan fingerprint density at radius 3 is 3.06 bits per heavy atom. The van der Waals surface area contributed by atoms with Crippen LogP contribution in [0.1, 0.15) is 26.2 Å². The molecule has 1 amide bonds. The van der Waals surface area contributed by atoms with Gasteiger partial charge in [-0.25, -0.2) is 0 Å². The molecule has 2 rings (SSSR count). The zero-order chi connectivity index (χ0) is 12.3. The van der Waals surface area contributed by atoms with Crippen molar-refractivity contribution in [1.82, 2.24) is 10.6 Å². The molecule has 0 aliphatic carbocycles. The fourth-order valence-electron chi connectivity index (χ4n) is 2.46. The van der Waals surface area contributed by atoms with Crippen molar-refractivity contribution in [3.05, 3.63) is 0 Å². The summed E-state index contributed by atoms with van der Waals surface area (Å²) >= 11 is 0. The molecule has 2 saturated heterocycles. The molecule has 2 aliphatic rings. The summed E-state index contributed by atoms with van der Waals surface area (Å²) in [5.74, 6) is 0.0923. The van der Waals surface area contributed by atoms with Crippen LogP contribution in [0.25, 0.3) is 0 Å². The highest BCUT2D eigenvalue weighted by Gasteiger charge is 2.40. The minimum absolute atomic E-state index is 0.0460. The number of rotatable bonds is 3. The minimum atomic E-state index is -0.891. The van der Waals surface area contributed by atoms with Gasteiger partial charge >= 0.3 is 0 Å². The minimum Gasteiger partial charge on any atom is -0.385 e. The van der Waals surface area contributed by atoms with Gasteiger partial charge in [0.2, 0.25) is 5.91 Å². The average Bonchev–Trinajstić information content (AvgIpc) is 2.68. The molecule has 98 valence electrons. The molecule has 2 unspecified atom stereocenters. The fraction of sp³-hybridized carbons (Fsp3) is 0.917. The summed E-state index contributed by atoms with van der Waals surface area (Å²) in [6.45, 7) is 4.46. The molecule has 0 bridgehead atoms. The van der Waals surface area contributed by atoms with Crippen LogP contribution in [0.4, 0.5) is 0 Å². The maximum absolute atomic E-state index is 11.9. The Bertz CT molecular complexity index is 279. The van der Waals surface area contributed by atoms with Crippen molar-refractivity contribution in [2.75, 3.05) is 26.2 Å². The number of amides is 1. The number of piperidine rings is 1. The first-order valence-corrected chi connectivity index (χ1v) is 6.44. The van der Waals surface area contributed by atoms with E-state index in [1.807, 2.05) is 6.92 Å². The first-order valence-electron chi connectivity index (χ1n) is 6.44. The predicted octanol–water partition coefficient (Wildman–Crippen LogP) is -0.358. The van der Waals surface area contributed by atoms with Crippen LogP contribution < -0.4 is 10.6 Å². The normalized spacial score (nSPS) is 38.0. The van der Waals surface area contributed by atoms with Crippen LogP contribution in [0.15, 0.2) is 0 Å². The highest BCUT2D eigenvalue weighted by atomic mass is 16.5. The van der Waals surface area contributed by atoms with Gasteiger partial charge in [-0.3, -0.25) is 4.79 Å². The Kier molecular flexibility index (Phi) is 4.01. The van der Waals surface area contributed by atoms with Gasteiger partial charge in [0.15, 0.2) is 0 Å². The number of hydrogen-bond donors (Lipinski definition) is 3. The highest BCUT2D eigenvalue weighted by molar-refractivity contribution is 5.79. The second-order valence-corrected chi connectivity index (χ2v) is 5.13. The van der Waals surface area contributed by atoms with Gasteiger partial charge < -0.3 is 20.5 Å². The van der Waals surface area contributed by atoms with Gasteiger partial charge in [-0.15, -0.1) is 0 Å². The Hall–Kier alpha value is -0.650. The number of hydrogen-bond acceptors (Lipinski definition) is 4. The summed E-state index contributed by atoms with van der Waals surface area (Å²) in [6.07, 6.45) is 2.37. The third-order valence-electron chi connectivity index (χ3n) is 3.90. The maximum Gasteiger partial charge on any atom is 0.224 e. The SMILES string of the molecule is CC1OCCC1(O)CNC(=O)[C@H]1CCCNC1. The van der Waals surface area contributed by atoms with Gasteiger partial charge in [-0.1, -0.05) is 0 Å². The Morgan fingerprint density at radius 1 is 1.65 bits per heavy atom. The number of nitrogens with one attached hydrogen (secondary N) is 2. The Labute approximate surface area is 102 Å². The van der Waals surface area contributed by atoms with Crippen molar-refractivity contribution in [3.63, 3.8) is 0 Å². The van der Waals surface area contributed by atoms with E-state index in [0.717, 1.165) is 25.9 Å². The van der Waals surface area contributed by atoms with E-state index in [1.165, 1.54) is 0 Å². The lowest BCUT2D eigenvalue weighted by molar-refractivity contribution is -0.127. The first kappa shape index (κ1) is 12.8. The fourth-order valence-corrected chi connectivity index (χ4v) is 2.46. The molecule has 17 heavy (non-hydrogen) atoms. The number of aliphatic hydroxyl groups is 1. The summed E-state index contributed by atoms with van der Waals surface area (Å²) in [4.78, 5) is 11.9. The van der Waals surface area contributed by atoms with E-state index in [0.29, 0.717) is 19.6 Å². The van der Waals surface area contributed by atoms with E-state index >= 15 is 0 Å². The van der Waals surface area contributed by atoms with E-state index in [4.69, 9.17) is 4.74 Å². The monoisotopic (exact) mass is 242 g/mol.